The van der Waals surface area contributed by atoms with Crippen LogP contribution in [0.5, 0.6) is 11.5 Å². The first-order valence-electron chi connectivity index (χ1n) is 3.09. The second-order valence-electron chi connectivity index (χ2n) is 2.03. The van der Waals surface area contributed by atoms with E-state index >= 15 is 0 Å². The fourth-order valence-corrected chi connectivity index (χ4v) is 0.766. The van der Waals surface area contributed by atoms with E-state index in [0.717, 1.165) is 0 Å². The van der Waals surface area contributed by atoms with Gasteiger partial charge in [-0.15, -0.1) is 0 Å². The van der Waals surface area contributed by atoms with Gasteiger partial charge in [-0.05, 0) is 12.1 Å². The first-order valence-corrected chi connectivity index (χ1v) is 3.09. The molecule has 0 atom stereocenters. The van der Waals surface area contributed by atoms with Crippen molar-refractivity contribution in [3.05, 3.63) is 23.8 Å². The highest BCUT2D eigenvalue weighted by Crippen LogP contribution is 2.19. The van der Waals surface area contributed by atoms with Gasteiger partial charge in [0.1, 0.15) is 11.5 Å². The third kappa shape index (κ3) is 1.82. The van der Waals surface area contributed by atoms with E-state index in [0.29, 0.717) is 0 Å². The number of ether oxygens (including phenoxy) is 1. The Bertz CT molecular complexity index is 306. The minimum Gasteiger partial charge on any atom is -0.508 e. The van der Waals surface area contributed by atoms with Crippen LogP contribution < -0.4 is 4.74 Å². The molecule has 0 heterocycles. The lowest BCUT2D eigenvalue weighted by Gasteiger charge is -1.98. The first-order chi connectivity index (χ1) is 5.76. The number of hydrogen-bond acceptors (Lipinski definition) is 4. The van der Waals surface area contributed by atoms with Gasteiger partial charge in [0.05, 0.1) is 0 Å². The van der Waals surface area contributed by atoms with Gasteiger partial charge < -0.3 is 9.84 Å². The third-order valence-corrected chi connectivity index (χ3v) is 1.19. The molecule has 0 aliphatic rings. The van der Waals surface area contributed by atoms with Gasteiger partial charge in [-0.3, -0.25) is 9.59 Å². The van der Waals surface area contributed by atoms with Crippen LogP contribution in [0.1, 0.15) is 5.56 Å². The standard InChI is InChI=1S/C8H5O4/c9-4-6-1-7(11)3-8(2-6)12-5-10/h1-3,5,11H. The molecular formula is C8H5O4. The lowest BCUT2D eigenvalue weighted by Crippen LogP contribution is -1.89. The topological polar surface area (TPSA) is 63.6 Å². The van der Waals surface area contributed by atoms with Crippen molar-refractivity contribution in [2.24, 2.45) is 0 Å². The monoisotopic (exact) mass is 165 g/mol. The molecule has 0 aliphatic heterocycles. The summed E-state index contributed by atoms with van der Waals surface area (Å²) in [6, 6.07) is 3.72. The van der Waals surface area contributed by atoms with Crippen LogP contribution in [-0.2, 0) is 9.59 Å². The molecule has 1 aromatic carbocycles. The van der Waals surface area contributed by atoms with Crippen molar-refractivity contribution >= 4 is 12.8 Å². The normalized spacial score (nSPS) is 9.00. The minimum atomic E-state index is -0.146. The number of hydrogen-bond donors (Lipinski definition) is 1. The summed E-state index contributed by atoms with van der Waals surface area (Å²) in [6.07, 6.45) is 1.56. The zero-order chi connectivity index (χ0) is 8.97. The van der Waals surface area contributed by atoms with Crippen LogP contribution in [0.15, 0.2) is 18.2 Å². The molecule has 0 aliphatic carbocycles. The molecule has 0 saturated heterocycles. The van der Waals surface area contributed by atoms with E-state index in [1.165, 1.54) is 18.2 Å². The van der Waals surface area contributed by atoms with Gasteiger partial charge in [0.25, 0.3) is 6.47 Å². The average molecular weight is 165 g/mol. The molecule has 0 unspecified atom stereocenters. The highest BCUT2D eigenvalue weighted by Gasteiger charge is 1.99. The van der Waals surface area contributed by atoms with Gasteiger partial charge >= 0.3 is 0 Å². The van der Waals surface area contributed by atoms with Crippen molar-refractivity contribution in [2.45, 2.75) is 0 Å². The van der Waals surface area contributed by atoms with Crippen LogP contribution in [0.25, 0.3) is 0 Å². The Kier molecular flexibility index (Phi) is 2.42. The second kappa shape index (κ2) is 3.52. The van der Waals surface area contributed by atoms with E-state index in [1.807, 2.05) is 0 Å². The summed E-state index contributed by atoms with van der Waals surface area (Å²) >= 11 is 0. The van der Waals surface area contributed by atoms with Crippen LogP contribution in [0.4, 0.5) is 0 Å². The van der Waals surface area contributed by atoms with Gasteiger partial charge in [0.2, 0.25) is 6.29 Å². The smallest absolute Gasteiger partial charge is 0.298 e. The predicted molar refractivity (Wildman–Crippen MR) is 39.6 cm³/mol. The predicted octanol–water partition coefficient (Wildman–Crippen LogP) is 0.385. The summed E-state index contributed by atoms with van der Waals surface area (Å²) in [4.78, 5) is 20.0. The zero-order valence-electron chi connectivity index (χ0n) is 5.98. The number of phenolic OH excluding ortho intramolecular Hbond substituents is 1. The summed E-state index contributed by atoms with van der Waals surface area (Å²) < 4.78 is 4.41. The lowest BCUT2D eigenvalue weighted by molar-refractivity contribution is -0.120. The molecule has 0 bridgehead atoms. The number of carbonyl (C=O) groups excluding carboxylic acids is 2. The Morgan fingerprint density at radius 2 is 2.17 bits per heavy atom. The molecule has 61 valence electrons. The van der Waals surface area contributed by atoms with Crippen molar-refractivity contribution < 1.29 is 19.4 Å². The maximum Gasteiger partial charge on any atom is 0.298 e. The largest absolute Gasteiger partial charge is 0.508 e. The average Bonchev–Trinajstić information content (AvgIpc) is 2.04. The molecule has 1 radical (unpaired) electrons. The summed E-state index contributed by atoms with van der Waals surface area (Å²) in [6.45, 7) is 0.212. The van der Waals surface area contributed by atoms with E-state index in [1.54, 1.807) is 6.29 Å². The number of rotatable bonds is 3. The highest BCUT2D eigenvalue weighted by atomic mass is 16.5. The minimum absolute atomic E-state index is 0.114. The van der Waals surface area contributed by atoms with Crippen molar-refractivity contribution in [2.75, 3.05) is 0 Å². The van der Waals surface area contributed by atoms with Crippen LogP contribution in [0, 0.1) is 0 Å². The highest BCUT2D eigenvalue weighted by molar-refractivity contribution is 5.77. The second-order valence-corrected chi connectivity index (χ2v) is 2.03. The molecule has 1 aromatic rings. The molecule has 12 heavy (non-hydrogen) atoms. The zero-order valence-corrected chi connectivity index (χ0v) is 5.98. The van der Waals surface area contributed by atoms with Crippen molar-refractivity contribution in [3.63, 3.8) is 0 Å². The maximum atomic E-state index is 10.1. The molecule has 1 N–H and O–H groups in total. The van der Waals surface area contributed by atoms with E-state index in [-0.39, 0.29) is 23.5 Å². The van der Waals surface area contributed by atoms with E-state index < -0.39 is 0 Å². The molecule has 0 amide bonds. The lowest BCUT2D eigenvalue weighted by atomic mass is 10.2. The van der Waals surface area contributed by atoms with Gasteiger partial charge in [-0.25, -0.2) is 0 Å². The van der Waals surface area contributed by atoms with E-state index in [9.17, 15) is 9.59 Å². The Labute approximate surface area is 68.4 Å². The van der Waals surface area contributed by atoms with Crippen LogP contribution in [0.3, 0.4) is 0 Å². The van der Waals surface area contributed by atoms with Gasteiger partial charge in [0, 0.05) is 11.6 Å². The van der Waals surface area contributed by atoms with Crippen molar-refractivity contribution in [1.29, 1.82) is 0 Å². The summed E-state index contributed by atoms with van der Waals surface area (Å²) in [7, 11) is 0. The van der Waals surface area contributed by atoms with Crippen LogP contribution in [-0.4, -0.2) is 17.9 Å². The molecule has 0 spiro atoms. The Balaban J connectivity index is 3.05. The van der Waals surface area contributed by atoms with E-state index in [2.05, 4.69) is 4.74 Å². The summed E-state index contributed by atoms with van der Waals surface area (Å²) in [5, 5.41) is 8.98. The Morgan fingerprint density at radius 1 is 1.42 bits per heavy atom. The fourth-order valence-electron chi connectivity index (χ4n) is 0.766. The van der Waals surface area contributed by atoms with Gasteiger partial charge in [0.15, 0.2) is 0 Å². The molecule has 0 aromatic heterocycles. The summed E-state index contributed by atoms with van der Waals surface area (Å²) in [5.41, 5.74) is 0.131. The van der Waals surface area contributed by atoms with Crippen LogP contribution >= 0.6 is 0 Å². The molecule has 1 rings (SSSR count). The molecular weight excluding hydrogens is 160 g/mol. The van der Waals surface area contributed by atoms with Gasteiger partial charge in [-0.1, -0.05) is 0 Å². The first kappa shape index (κ1) is 8.26. The van der Waals surface area contributed by atoms with Crippen LogP contribution in [0.2, 0.25) is 0 Å². The molecule has 4 heteroatoms. The maximum absolute atomic E-state index is 10.1. The van der Waals surface area contributed by atoms with Gasteiger partial charge in [-0.2, -0.15) is 0 Å². The quantitative estimate of drug-likeness (QED) is 0.658. The van der Waals surface area contributed by atoms with Crippen molar-refractivity contribution in [1.82, 2.24) is 0 Å². The SMILES string of the molecule is O=[C]c1cc(O)cc(OC=O)c1. The molecule has 4 nitrogen and oxygen atoms in total. The Morgan fingerprint density at radius 3 is 2.75 bits per heavy atom. The number of carbonyl (C=O) groups is 1. The van der Waals surface area contributed by atoms with E-state index in [4.69, 9.17) is 5.11 Å². The number of aromatic hydroxyl groups is 1. The number of benzene rings is 1. The number of phenols is 1. The molecule has 0 saturated carbocycles. The summed E-state index contributed by atoms with van der Waals surface area (Å²) in [5.74, 6) is -0.0314. The fraction of sp³-hybridized carbons (Fsp3) is 0. The third-order valence-electron chi connectivity index (χ3n) is 1.19. The Hall–Kier alpha value is -1.84. The molecule has 0 fully saturated rings. The van der Waals surface area contributed by atoms with Crippen molar-refractivity contribution in [3.8, 4) is 11.5 Å².